The van der Waals surface area contributed by atoms with Crippen molar-refractivity contribution in [2.45, 2.75) is 44.9 Å². The SMILES string of the molecule is C1=C/CC[C@@H]2C[C@@H]2CC/C=C/CC/1. The van der Waals surface area contributed by atoms with Crippen LogP contribution in [0, 0.1) is 11.8 Å². The van der Waals surface area contributed by atoms with E-state index in [1.807, 2.05) is 0 Å². The fourth-order valence-corrected chi connectivity index (χ4v) is 2.30. The van der Waals surface area contributed by atoms with E-state index in [0.717, 1.165) is 11.8 Å². The lowest BCUT2D eigenvalue weighted by Gasteiger charge is -1.97. The summed E-state index contributed by atoms with van der Waals surface area (Å²) in [5.41, 5.74) is 0. The molecule has 0 N–H and O–H groups in total. The molecule has 0 amide bonds. The third-order valence-electron chi connectivity index (χ3n) is 3.31. The van der Waals surface area contributed by atoms with Crippen molar-refractivity contribution >= 4 is 0 Å². The minimum absolute atomic E-state index is 1.08. The minimum atomic E-state index is 1.08. The molecular weight excluding hydrogens is 156 g/mol. The van der Waals surface area contributed by atoms with Crippen LogP contribution in [0.1, 0.15) is 44.9 Å². The monoisotopic (exact) mass is 176 g/mol. The van der Waals surface area contributed by atoms with E-state index in [9.17, 15) is 0 Å². The van der Waals surface area contributed by atoms with Crippen LogP contribution in [0.3, 0.4) is 0 Å². The zero-order valence-corrected chi connectivity index (χ0v) is 8.41. The predicted octanol–water partition coefficient (Wildman–Crippen LogP) is 4.09. The van der Waals surface area contributed by atoms with Gasteiger partial charge in [-0.15, -0.1) is 0 Å². The predicted molar refractivity (Wildman–Crippen MR) is 57.6 cm³/mol. The Morgan fingerprint density at radius 2 is 1.08 bits per heavy atom. The maximum atomic E-state index is 2.38. The first-order chi connectivity index (χ1) is 6.47. The van der Waals surface area contributed by atoms with Crippen molar-refractivity contribution in [2.24, 2.45) is 11.8 Å². The average molecular weight is 176 g/mol. The Bertz CT molecular complexity index is 178. The summed E-state index contributed by atoms with van der Waals surface area (Å²) in [5, 5.41) is 0. The molecule has 0 heterocycles. The summed E-state index contributed by atoms with van der Waals surface area (Å²) < 4.78 is 0. The summed E-state index contributed by atoms with van der Waals surface area (Å²) in [7, 11) is 0. The summed E-state index contributed by atoms with van der Waals surface area (Å²) in [4.78, 5) is 0. The van der Waals surface area contributed by atoms with Gasteiger partial charge in [0.1, 0.15) is 0 Å². The molecule has 2 atom stereocenters. The van der Waals surface area contributed by atoms with Gasteiger partial charge in [0, 0.05) is 0 Å². The van der Waals surface area contributed by atoms with E-state index in [4.69, 9.17) is 0 Å². The molecule has 0 aliphatic heterocycles. The molecule has 0 heteroatoms. The molecule has 0 spiro atoms. The number of rotatable bonds is 0. The van der Waals surface area contributed by atoms with Crippen LogP contribution in [0.2, 0.25) is 0 Å². The smallest absolute Gasteiger partial charge is 0.0316 e. The van der Waals surface area contributed by atoms with Gasteiger partial charge in [-0.05, 0) is 56.8 Å². The van der Waals surface area contributed by atoms with E-state index in [0.29, 0.717) is 0 Å². The maximum absolute atomic E-state index is 2.38. The molecule has 0 aromatic heterocycles. The van der Waals surface area contributed by atoms with Crippen molar-refractivity contribution in [1.29, 1.82) is 0 Å². The Kier molecular flexibility index (Phi) is 3.23. The van der Waals surface area contributed by atoms with Gasteiger partial charge >= 0.3 is 0 Å². The van der Waals surface area contributed by atoms with Gasteiger partial charge in [0.25, 0.3) is 0 Å². The van der Waals surface area contributed by atoms with Gasteiger partial charge in [-0.2, -0.15) is 0 Å². The molecule has 72 valence electrons. The molecule has 1 fully saturated rings. The second kappa shape index (κ2) is 4.64. The normalized spacial score (nSPS) is 39.4. The van der Waals surface area contributed by atoms with Crippen molar-refractivity contribution in [1.82, 2.24) is 0 Å². The molecule has 0 saturated heterocycles. The van der Waals surface area contributed by atoms with Crippen molar-refractivity contribution in [3.63, 3.8) is 0 Å². The largest absolute Gasteiger partial charge is 0.0885 e. The summed E-state index contributed by atoms with van der Waals surface area (Å²) in [6.07, 6.45) is 19.0. The molecule has 13 heavy (non-hydrogen) atoms. The highest BCUT2D eigenvalue weighted by Gasteiger charge is 2.34. The highest BCUT2D eigenvalue weighted by Crippen LogP contribution is 2.45. The van der Waals surface area contributed by atoms with Crippen LogP contribution in [0.5, 0.6) is 0 Å². The molecule has 1 saturated carbocycles. The van der Waals surface area contributed by atoms with Gasteiger partial charge in [-0.3, -0.25) is 0 Å². The minimum Gasteiger partial charge on any atom is -0.0885 e. The molecule has 2 aliphatic rings. The summed E-state index contributed by atoms with van der Waals surface area (Å²) in [5.74, 6) is 2.16. The van der Waals surface area contributed by atoms with Crippen LogP contribution in [0.25, 0.3) is 0 Å². The van der Waals surface area contributed by atoms with E-state index in [-0.39, 0.29) is 0 Å². The van der Waals surface area contributed by atoms with Crippen LogP contribution in [-0.4, -0.2) is 0 Å². The Hall–Kier alpha value is -0.520. The van der Waals surface area contributed by atoms with Gasteiger partial charge in [0.15, 0.2) is 0 Å². The van der Waals surface area contributed by atoms with Crippen molar-refractivity contribution in [2.75, 3.05) is 0 Å². The Labute approximate surface area is 81.7 Å². The molecule has 0 nitrogen and oxygen atoms in total. The second-order valence-electron chi connectivity index (χ2n) is 4.43. The highest BCUT2D eigenvalue weighted by molar-refractivity contribution is 4.94. The Morgan fingerprint density at radius 1 is 0.615 bits per heavy atom. The van der Waals surface area contributed by atoms with Crippen molar-refractivity contribution in [3.8, 4) is 0 Å². The summed E-state index contributed by atoms with van der Waals surface area (Å²) in [6.45, 7) is 0. The third kappa shape index (κ3) is 3.02. The Morgan fingerprint density at radius 3 is 1.62 bits per heavy atom. The molecule has 0 aromatic carbocycles. The van der Waals surface area contributed by atoms with Crippen molar-refractivity contribution < 1.29 is 0 Å². The lowest BCUT2D eigenvalue weighted by atomic mass is 10.1. The average Bonchev–Trinajstić information content (AvgIpc) is 2.83. The number of hydrogen-bond acceptors (Lipinski definition) is 0. The lowest BCUT2D eigenvalue weighted by Crippen LogP contribution is -1.83. The topological polar surface area (TPSA) is 0 Å². The zero-order valence-electron chi connectivity index (χ0n) is 8.41. The molecule has 0 aromatic rings. The fourth-order valence-electron chi connectivity index (χ4n) is 2.30. The lowest BCUT2D eigenvalue weighted by molar-refractivity contribution is 0.616. The van der Waals surface area contributed by atoms with E-state index in [2.05, 4.69) is 24.3 Å². The number of allylic oxidation sites excluding steroid dienone is 4. The molecule has 2 rings (SSSR count). The first-order valence-corrected chi connectivity index (χ1v) is 5.77. The standard InChI is InChI=1S/C13H20/c1-2-4-6-8-10-13-11-12(13)9-7-5-3-1/h3-6,12-13H,1-2,7-11H2/b5-3+,6-4+/t12-,13+. The van der Waals surface area contributed by atoms with Gasteiger partial charge in [-0.1, -0.05) is 24.3 Å². The first-order valence-electron chi connectivity index (χ1n) is 5.77. The second-order valence-corrected chi connectivity index (χ2v) is 4.43. The van der Waals surface area contributed by atoms with Gasteiger partial charge in [0.05, 0.1) is 0 Å². The maximum Gasteiger partial charge on any atom is -0.0316 e. The summed E-state index contributed by atoms with van der Waals surface area (Å²) in [6, 6.07) is 0. The molecule has 0 radical (unpaired) electrons. The third-order valence-corrected chi connectivity index (χ3v) is 3.31. The van der Waals surface area contributed by atoms with Crippen molar-refractivity contribution in [3.05, 3.63) is 24.3 Å². The molecule has 0 unspecified atom stereocenters. The van der Waals surface area contributed by atoms with Crippen LogP contribution < -0.4 is 0 Å². The van der Waals surface area contributed by atoms with E-state index in [1.165, 1.54) is 44.9 Å². The summed E-state index contributed by atoms with van der Waals surface area (Å²) >= 11 is 0. The van der Waals surface area contributed by atoms with E-state index < -0.39 is 0 Å². The van der Waals surface area contributed by atoms with Gasteiger partial charge in [-0.25, -0.2) is 0 Å². The Balaban J connectivity index is 1.80. The molecule has 2 aliphatic carbocycles. The highest BCUT2D eigenvalue weighted by atomic mass is 14.4. The number of fused-ring (bicyclic) bond motifs is 1. The zero-order chi connectivity index (χ0) is 8.93. The quantitative estimate of drug-likeness (QED) is 0.488. The number of hydrogen-bond donors (Lipinski definition) is 0. The van der Waals surface area contributed by atoms with Crippen LogP contribution >= 0.6 is 0 Å². The first kappa shape index (κ1) is 9.05. The van der Waals surface area contributed by atoms with Crippen LogP contribution in [0.15, 0.2) is 24.3 Å². The molecular formula is C13H20. The van der Waals surface area contributed by atoms with E-state index >= 15 is 0 Å². The molecule has 0 bridgehead atoms. The fraction of sp³-hybridized carbons (Fsp3) is 0.692. The van der Waals surface area contributed by atoms with Crippen LogP contribution in [0.4, 0.5) is 0 Å². The van der Waals surface area contributed by atoms with Gasteiger partial charge < -0.3 is 0 Å². The van der Waals surface area contributed by atoms with Crippen LogP contribution in [-0.2, 0) is 0 Å². The van der Waals surface area contributed by atoms with Gasteiger partial charge in [0.2, 0.25) is 0 Å². The van der Waals surface area contributed by atoms with E-state index in [1.54, 1.807) is 0 Å².